The fourth-order valence-corrected chi connectivity index (χ4v) is 5.48. The minimum atomic E-state index is 0.493. The number of rotatable bonds is 8. The van der Waals surface area contributed by atoms with Crippen LogP contribution in [0.3, 0.4) is 0 Å². The average molecular weight is 597 g/mol. The Hall–Kier alpha value is -5.54. The second-order valence-corrected chi connectivity index (χ2v) is 10.7. The lowest BCUT2D eigenvalue weighted by atomic mass is 10.0. The Kier molecular flexibility index (Phi) is 7.67. The summed E-state index contributed by atoms with van der Waals surface area (Å²) >= 11 is 5.68. The summed E-state index contributed by atoms with van der Waals surface area (Å²) in [6.45, 7) is 0.563. The van der Waals surface area contributed by atoms with Gasteiger partial charge in [-0.25, -0.2) is 14.5 Å². The summed E-state index contributed by atoms with van der Waals surface area (Å²) in [7, 11) is 0. The van der Waals surface area contributed by atoms with Gasteiger partial charge >= 0.3 is 0 Å². The first-order chi connectivity index (χ1) is 21.7. The number of hydrogen-bond donors (Lipinski definition) is 1. The molecule has 216 valence electrons. The molecule has 8 nitrogen and oxygen atoms in total. The normalized spacial score (nSPS) is 13.9. The van der Waals surface area contributed by atoms with Crippen molar-refractivity contribution >= 4 is 34.4 Å². The Morgan fingerprint density at radius 1 is 1.00 bits per heavy atom. The van der Waals surface area contributed by atoms with E-state index >= 15 is 0 Å². The summed E-state index contributed by atoms with van der Waals surface area (Å²) in [5.41, 5.74) is 7.35. The zero-order valence-electron chi connectivity index (χ0n) is 23.7. The fourth-order valence-electron chi connectivity index (χ4n) is 5.22. The van der Waals surface area contributed by atoms with Crippen molar-refractivity contribution in [1.29, 1.82) is 0 Å². The first-order valence-corrected chi connectivity index (χ1v) is 14.7. The molecule has 9 heteroatoms. The maximum atomic E-state index is 5.83. The van der Waals surface area contributed by atoms with Gasteiger partial charge in [0.2, 0.25) is 11.8 Å². The number of nitrogens with one attached hydrogen (secondary N) is 1. The van der Waals surface area contributed by atoms with Crippen LogP contribution in [0.15, 0.2) is 140 Å². The van der Waals surface area contributed by atoms with E-state index in [4.69, 9.17) is 31.8 Å². The van der Waals surface area contributed by atoms with E-state index in [1.807, 2.05) is 88.4 Å². The Morgan fingerprint density at radius 2 is 1.91 bits per heavy atom. The number of anilines is 2. The molecule has 5 aromatic rings. The minimum absolute atomic E-state index is 0.493. The van der Waals surface area contributed by atoms with E-state index in [0.717, 1.165) is 52.1 Å². The van der Waals surface area contributed by atoms with Crippen molar-refractivity contribution < 1.29 is 9.47 Å². The fraction of sp³-hybridized carbons (Fsp3) is 0.0857. The van der Waals surface area contributed by atoms with Crippen molar-refractivity contribution in [1.82, 2.24) is 19.6 Å². The smallest absolute Gasteiger partial charge is 0.238 e. The van der Waals surface area contributed by atoms with Gasteiger partial charge in [-0.15, -0.1) is 0 Å². The molecule has 1 aliphatic heterocycles. The van der Waals surface area contributed by atoms with Gasteiger partial charge in [0.25, 0.3) is 0 Å². The largest absolute Gasteiger partial charge is 0.464 e. The Balaban J connectivity index is 1.29. The highest BCUT2D eigenvalue weighted by Gasteiger charge is 2.23. The highest BCUT2D eigenvalue weighted by atomic mass is 32.1. The van der Waals surface area contributed by atoms with Crippen LogP contribution < -0.4 is 10.2 Å². The molecule has 7 rings (SSSR count). The van der Waals surface area contributed by atoms with E-state index in [-0.39, 0.29) is 0 Å². The summed E-state index contributed by atoms with van der Waals surface area (Å²) in [6, 6.07) is 25.9. The lowest BCUT2D eigenvalue weighted by Crippen LogP contribution is -2.29. The predicted octanol–water partition coefficient (Wildman–Crippen LogP) is 7.65. The van der Waals surface area contributed by atoms with Crippen LogP contribution in [0.5, 0.6) is 0 Å². The van der Waals surface area contributed by atoms with Crippen LogP contribution in [0.2, 0.25) is 0 Å². The molecule has 3 aromatic heterocycles. The van der Waals surface area contributed by atoms with Gasteiger partial charge in [0.05, 0.1) is 23.3 Å². The zero-order valence-corrected chi connectivity index (χ0v) is 24.5. The summed E-state index contributed by atoms with van der Waals surface area (Å²) in [5, 5.41) is 8.37. The van der Waals surface area contributed by atoms with Crippen LogP contribution >= 0.6 is 12.2 Å². The van der Waals surface area contributed by atoms with E-state index in [9.17, 15) is 0 Å². The standard InChI is InChI=1S/C35H28N6O2S/c44-34(26-12-5-2-6-13-26)37-28-15-9-14-27(22-28)33-32(30-16-7-8-19-41(30)39-33)29-17-18-36-35(38-29)40(31-24-42-20-21-43-31)23-25-10-3-1-4-11-25/h1-3,5-10,12-22,24H,4,11,23H2,(H,37,44). The van der Waals surface area contributed by atoms with Gasteiger partial charge in [-0.05, 0) is 43.2 Å². The number of pyridine rings is 1. The number of fused-ring (bicyclic) bond motifs is 1. The first kappa shape index (κ1) is 27.3. The van der Waals surface area contributed by atoms with Gasteiger partial charge in [-0.2, -0.15) is 5.10 Å². The van der Waals surface area contributed by atoms with Crippen molar-refractivity contribution in [3.8, 4) is 22.5 Å². The third-order valence-electron chi connectivity index (χ3n) is 7.33. The minimum Gasteiger partial charge on any atom is -0.464 e. The van der Waals surface area contributed by atoms with Crippen LogP contribution in [0.25, 0.3) is 28.0 Å². The van der Waals surface area contributed by atoms with E-state index in [2.05, 4.69) is 34.6 Å². The van der Waals surface area contributed by atoms with E-state index in [1.165, 1.54) is 18.1 Å². The monoisotopic (exact) mass is 596 g/mol. The van der Waals surface area contributed by atoms with Gasteiger partial charge < -0.3 is 14.8 Å². The molecule has 0 spiro atoms. The predicted molar refractivity (Wildman–Crippen MR) is 177 cm³/mol. The number of thiocarbonyl (C=S) groups is 1. The molecule has 0 saturated carbocycles. The van der Waals surface area contributed by atoms with Gasteiger partial charge in [0.15, 0.2) is 6.26 Å². The molecule has 0 bridgehead atoms. The molecular weight excluding hydrogens is 568 g/mol. The van der Waals surface area contributed by atoms with Gasteiger partial charge in [0, 0.05) is 29.2 Å². The molecule has 0 saturated heterocycles. The second kappa shape index (κ2) is 12.4. The quantitative estimate of drug-likeness (QED) is 0.183. The first-order valence-electron chi connectivity index (χ1n) is 14.3. The van der Waals surface area contributed by atoms with Crippen molar-refractivity contribution in [3.63, 3.8) is 0 Å². The molecular formula is C35H28N6O2S. The van der Waals surface area contributed by atoms with Crippen LogP contribution in [0.4, 0.5) is 11.6 Å². The number of allylic oxidation sites excluding steroid dienone is 3. The van der Waals surface area contributed by atoms with Crippen molar-refractivity contribution in [2.45, 2.75) is 12.8 Å². The topological polar surface area (TPSA) is 76.8 Å². The lowest BCUT2D eigenvalue weighted by Gasteiger charge is -2.26. The number of aromatic nitrogens is 4. The zero-order chi connectivity index (χ0) is 29.7. The summed E-state index contributed by atoms with van der Waals surface area (Å²) in [4.78, 5) is 12.3. The second-order valence-electron chi connectivity index (χ2n) is 10.3. The molecule has 0 unspecified atom stereocenters. The maximum Gasteiger partial charge on any atom is 0.238 e. The summed E-state index contributed by atoms with van der Waals surface area (Å²) in [6.07, 6.45) is 16.6. The maximum absolute atomic E-state index is 5.83. The van der Waals surface area contributed by atoms with Crippen LogP contribution in [0.1, 0.15) is 18.4 Å². The van der Waals surface area contributed by atoms with Gasteiger partial charge in [-0.1, -0.05) is 84.5 Å². The lowest BCUT2D eigenvalue weighted by molar-refractivity contribution is 0.248. The van der Waals surface area contributed by atoms with Crippen LogP contribution in [-0.2, 0) is 9.47 Å². The number of hydrogen-bond acceptors (Lipinski definition) is 7. The summed E-state index contributed by atoms with van der Waals surface area (Å²) in [5.74, 6) is 1.00. The molecule has 0 radical (unpaired) electrons. The van der Waals surface area contributed by atoms with Crippen molar-refractivity contribution in [2.24, 2.45) is 0 Å². The molecule has 2 aliphatic rings. The van der Waals surface area contributed by atoms with E-state index in [1.54, 1.807) is 12.5 Å². The van der Waals surface area contributed by atoms with Gasteiger partial charge in [-0.3, -0.25) is 4.90 Å². The number of benzene rings is 2. The summed E-state index contributed by atoms with van der Waals surface area (Å²) < 4.78 is 13.2. The number of ether oxygens (including phenoxy) is 2. The molecule has 44 heavy (non-hydrogen) atoms. The third-order valence-corrected chi connectivity index (χ3v) is 7.67. The van der Waals surface area contributed by atoms with Crippen molar-refractivity contribution in [2.75, 3.05) is 16.8 Å². The van der Waals surface area contributed by atoms with E-state index < -0.39 is 0 Å². The molecule has 0 fully saturated rings. The van der Waals surface area contributed by atoms with Gasteiger partial charge in [0.1, 0.15) is 23.2 Å². The molecule has 1 N–H and O–H groups in total. The van der Waals surface area contributed by atoms with Crippen LogP contribution in [-0.4, -0.2) is 31.1 Å². The molecule has 0 amide bonds. The molecule has 0 atom stereocenters. The van der Waals surface area contributed by atoms with Crippen LogP contribution in [0, 0.1) is 0 Å². The van der Waals surface area contributed by atoms with Crippen molar-refractivity contribution in [3.05, 3.63) is 145 Å². The van der Waals surface area contributed by atoms with E-state index in [0.29, 0.717) is 23.4 Å². The molecule has 2 aromatic carbocycles. The molecule has 4 heterocycles. The Bertz CT molecular complexity index is 1960. The Labute approximate surface area is 260 Å². The molecule has 1 aliphatic carbocycles. The highest BCUT2D eigenvalue weighted by molar-refractivity contribution is 7.81. The Morgan fingerprint density at radius 3 is 2.75 bits per heavy atom. The average Bonchev–Trinajstić information content (AvgIpc) is 3.48. The third kappa shape index (κ3) is 5.73. The SMILES string of the molecule is S=C(Nc1cccc(-c2nn3ccccc3c2-c2ccnc(N(CC3=CC=CCC3)C3=COC=CO3)n2)c1)c1ccccc1. The highest BCUT2D eigenvalue weighted by Crippen LogP contribution is 2.36. The number of nitrogens with zero attached hydrogens (tertiary/aromatic N) is 5.